The van der Waals surface area contributed by atoms with Crippen LogP contribution in [0.5, 0.6) is 0 Å². The van der Waals surface area contributed by atoms with E-state index in [-0.39, 0.29) is 22.0 Å². The Hall–Kier alpha value is -3.71. The van der Waals surface area contributed by atoms with Crippen molar-refractivity contribution >= 4 is 23.8 Å². The van der Waals surface area contributed by atoms with E-state index in [9.17, 15) is 18.0 Å². The van der Waals surface area contributed by atoms with Crippen LogP contribution in [0.25, 0.3) is 0 Å². The lowest BCUT2D eigenvalue weighted by molar-refractivity contribution is -0.750. The molecule has 0 spiro atoms. The molecule has 0 radical (unpaired) electrons. The largest absolute Gasteiger partial charge is 0.416 e. The molecule has 12 heteroatoms. The number of amidine groups is 1. The summed E-state index contributed by atoms with van der Waals surface area (Å²) in [6, 6.07) is 8.27. The van der Waals surface area contributed by atoms with Gasteiger partial charge >= 0.3 is 6.18 Å². The first kappa shape index (κ1) is 25.0. The summed E-state index contributed by atoms with van der Waals surface area (Å²) in [7, 11) is 4.13. The van der Waals surface area contributed by atoms with Crippen LogP contribution in [-0.2, 0) is 6.18 Å². The van der Waals surface area contributed by atoms with Crippen molar-refractivity contribution in [1.82, 2.24) is 14.8 Å². The molecule has 3 aliphatic heterocycles. The molecule has 3 aliphatic rings. The topological polar surface area (TPSA) is 99.2 Å². The number of hydrogen-bond donors (Lipinski definition) is 2. The van der Waals surface area contributed by atoms with Gasteiger partial charge in [-0.3, -0.25) is 14.7 Å². The zero-order chi connectivity index (χ0) is 26.4. The number of carbonyl (C=O) groups excluding carboxylic acids is 1. The minimum Gasteiger partial charge on any atom is -0.307 e. The first-order valence-corrected chi connectivity index (χ1v) is 11.6. The number of amides is 1. The number of likely N-dealkylation sites (N-methyl/N-ethyl adjacent to an activating group) is 2. The summed E-state index contributed by atoms with van der Waals surface area (Å²) < 4.78 is 38.8. The lowest BCUT2D eigenvalue weighted by atomic mass is 10.1. The van der Waals surface area contributed by atoms with Crippen LogP contribution in [0.15, 0.2) is 76.4 Å². The highest BCUT2D eigenvalue weighted by Crippen LogP contribution is 2.34. The number of nitrogens with two attached hydrogens (primary N) is 1. The van der Waals surface area contributed by atoms with Gasteiger partial charge in [-0.1, -0.05) is 0 Å². The number of aromatic nitrogens is 1. The number of nitrogens with zero attached hydrogens (tertiary/aromatic N) is 6. The quantitative estimate of drug-likeness (QED) is 0.486. The number of hydrogen-bond acceptors (Lipinski definition) is 7. The summed E-state index contributed by atoms with van der Waals surface area (Å²) in [5.74, 6) is 6.64. The van der Waals surface area contributed by atoms with Gasteiger partial charge in [-0.2, -0.15) is 24.0 Å². The summed E-state index contributed by atoms with van der Waals surface area (Å²) in [6.45, 7) is 2.65. The van der Waals surface area contributed by atoms with E-state index in [1.54, 1.807) is 42.9 Å². The molecule has 3 N–H and O–H groups in total. The van der Waals surface area contributed by atoms with Crippen LogP contribution >= 0.6 is 0 Å². The lowest BCUT2D eigenvalue weighted by Gasteiger charge is -2.37. The highest BCUT2D eigenvalue weighted by Gasteiger charge is 2.47. The van der Waals surface area contributed by atoms with Crippen molar-refractivity contribution in [2.45, 2.75) is 12.2 Å². The number of anilines is 1. The number of nitrogens with one attached hydrogen (secondary N) is 1. The average molecular weight is 512 g/mol. The van der Waals surface area contributed by atoms with Gasteiger partial charge in [0, 0.05) is 31.4 Å². The second-order valence-electron chi connectivity index (χ2n) is 9.28. The maximum absolute atomic E-state index is 13.0. The van der Waals surface area contributed by atoms with E-state index >= 15 is 0 Å². The number of benzene rings is 1. The van der Waals surface area contributed by atoms with Crippen molar-refractivity contribution in [3.05, 3.63) is 83.1 Å². The number of allylic oxidation sites excluding steroid dienone is 1. The van der Waals surface area contributed by atoms with Crippen LogP contribution in [0.1, 0.15) is 21.5 Å². The molecule has 1 saturated heterocycles. The number of halogens is 3. The standard InChI is InChI=1S/C25H25F3N8O/c1-34-10-11-35(2)19(15-34)22-20-14-30-9-12-36(20,29)23(33-22)16-3-5-17(6-4-16)24(37)32-21-13-18(7-8-31-21)25(26,27)28/h3-9,12-14,19H,10-11,15,29H2,1-2H3/p+1/t19-,36?/m1/s1. The van der Waals surface area contributed by atoms with E-state index in [1.165, 1.54) is 0 Å². The van der Waals surface area contributed by atoms with E-state index in [0.717, 1.165) is 49.4 Å². The lowest BCUT2D eigenvalue weighted by Crippen LogP contribution is -2.54. The molecule has 0 saturated carbocycles. The summed E-state index contributed by atoms with van der Waals surface area (Å²) in [5, 5.41) is 2.42. The summed E-state index contributed by atoms with van der Waals surface area (Å²) >= 11 is 0. The first-order valence-electron chi connectivity index (χ1n) is 11.6. The van der Waals surface area contributed by atoms with Crippen molar-refractivity contribution in [1.29, 1.82) is 0 Å². The fourth-order valence-electron chi connectivity index (χ4n) is 4.59. The molecular weight excluding hydrogens is 485 g/mol. The Kier molecular flexibility index (Phi) is 6.28. The van der Waals surface area contributed by atoms with Crippen LogP contribution in [0, 0.1) is 0 Å². The number of quaternary nitrogens is 1. The Labute approximate surface area is 211 Å². The Balaban J connectivity index is 1.40. The molecule has 2 atom stereocenters. The Morgan fingerprint density at radius 1 is 1.16 bits per heavy atom. The molecule has 1 aromatic carbocycles. The predicted octanol–water partition coefficient (Wildman–Crippen LogP) is 2.82. The monoisotopic (exact) mass is 511 g/mol. The highest BCUT2D eigenvalue weighted by molar-refractivity contribution is 6.05. The molecule has 37 heavy (non-hydrogen) atoms. The van der Waals surface area contributed by atoms with Crippen LogP contribution in [0.4, 0.5) is 19.0 Å². The van der Waals surface area contributed by atoms with Gasteiger partial charge in [-0.15, -0.1) is 4.59 Å². The smallest absolute Gasteiger partial charge is 0.307 e. The van der Waals surface area contributed by atoms with Gasteiger partial charge < -0.3 is 10.2 Å². The van der Waals surface area contributed by atoms with E-state index in [2.05, 4.69) is 39.2 Å². The molecule has 2 aromatic rings. The molecule has 1 fully saturated rings. The number of piperazine rings is 1. The van der Waals surface area contributed by atoms with Gasteiger partial charge in [0.1, 0.15) is 17.7 Å². The van der Waals surface area contributed by atoms with Gasteiger partial charge in [0.2, 0.25) is 5.70 Å². The maximum Gasteiger partial charge on any atom is 0.416 e. The van der Waals surface area contributed by atoms with E-state index in [1.807, 2.05) is 0 Å². The second-order valence-corrected chi connectivity index (χ2v) is 9.28. The van der Waals surface area contributed by atoms with Crippen molar-refractivity contribution in [2.24, 2.45) is 15.8 Å². The summed E-state index contributed by atoms with van der Waals surface area (Å²) in [6.07, 6.45) is 1.59. The van der Waals surface area contributed by atoms with Crippen molar-refractivity contribution in [3.8, 4) is 0 Å². The highest BCUT2D eigenvalue weighted by atomic mass is 19.4. The molecular formula is C25H26F3N8O+. The van der Waals surface area contributed by atoms with Crippen LogP contribution in [-0.4, -0.2) is 77.1 Å². The molecule has 1 aromatic heterocycles. The van der Waals surface area contributed by atoms with Gasteiger partial charge in [0.25, 0.3) is 11.7 Å². The number of pyridine rings is 1. The Morgan fingerprint density at radius 3 is 2.65 bits per heavy atom. The minimum atomic E-state index is -4.53. The molecule has 192 valence electrons. The van der Waals surface area contributed by atoms with E-state index in [0.29, 0.717) is 11.4 Å². The van der Waals surface area contributed by atoms with Gasteiger partial charge in [-0.05, 0) is 50.5 Å². The summed E-state index contributed by atoms with van der Waals surface area (Å²) in [5.41, 5.74) is 1.69. The fraction of sp³-hybridized carbons (Fsp3) is 0.280. The second kappa shape index (κ2) is 9.30. The van der Waals surface area contributed by atoms with Crippen molar-refractivity contribution in [2.75, 3.05) is 39.0 Å². The number of alkyl halides is 3. The van der Waals surface area contributed by atoms with Gasteiger partial charge in [-0.25, -0.2) is 4.98 Å². The van der Waals surface area contributed by atoms with Crippen LogP contribution in [0.3, 0.4) is 0 Å². The zero-order valence-electron chi connectivity index (χ0n) is 20.3. The van der Waals surface area contributed by atoms with Crippen LogP contribution in [0.2, 0.25) is 0 Å². The molecule has 5 rings (SSSR count). The molecule has 9 nitrogen and oxygen atoms in total. The molecule has 0 bridgehead atoms. The third-order valence-corrected chi connectivity index (χ3v) is 6.72. The third-order valence-electron chi connectivity index (χ3n) is 6.72. The van der Waals surface area contributed by atoms with E-state index < -0.39 is 17.6 Å². The first-order chi connectivity index (χ1) is 17.6. The van der Waals surface area contributed by atoms with Crippen molar-refractivity contribution in [3.63, 3.8) is 0 Å². The molecule has 0 aliphatic carbocycles. The Bertz CT molecular complexity index is 1350. The molecule has 1 amide bonds. The fourth-order valence-corrected chi connectivity index (χ4v) is 4.59. The normalized spacial score (nSPS) is 24.3. The SMILES string of the molecule is CN1CCN(C)[C@@H](C2=C3C=NC=C[N+]3(N)C(c3ccc(C(=O)Nc4cc(C(F)(F)F)ccn4)cc3)=N2)C1. The predicted molar refractivity (Wildman–Crippen MR) is 133 cm³/mol. The van der Waals surface area contributed by atoms with Crippen molar-refractivity contribution < 1.29 is 22.6 Å². The number of rotatable bonds is 4. The third kappa shape index (κ3) is 4.71. The summed E-state index contributed by atoms with van der Waals surface area (Å²) in [4.78, 5) is 30.3. The zero-order valence-corrected chi connectivity index (χ0v) is 20.3. The maximum atomic E-state index is 13.0. The molecule has 1 unspecified atom stereocenters. The van der Waals surface area contributed by atoms with Crippen LogP contribution < -0.4 is 11.2 Å². The molecule has 4 heterocycles. The number of fused-ring (bicyclic) bond motifs is 1. The Morgan fingerprint density at radius 2 is 1.92 bits per heavy atom. The number of aliphatic imine (C=N–C) groups is 2. The van der Waals surface area contributed by atoms with E-state index in [4.69, 9.17) is 10.8 Å². The minimum absolute atomic E-state index is 0.0373. The van der Waals surface area contributed by atoms with Gasteiger partial charge in [0.15, 0.2) is 0 Å². The average Bonchev–Trinajstić information content (AvgIpc) is 3.18. The van der Waals surface area contributed by atoms with Gasteiger partial charge in [0.05, 0.1) is 29.6 Å². The number of carbonyl (C=O) groups is 1.